The van der Waals surface area contributed by atoms with Gasteiger partial charge in [-0.2, -0.15) is 0 Å². The Labute approximate surface area is 164 Å². The third-order valence-corrected chi connectivity index (χ3v) is 6.09. The zero-order valence-corrected chi connectivity index (χ0v) is 17.5. The average molecular weight is 363 g/mol. The van der Waals surface area contributed by atoms with Crippen LogP contribution in [0.1, 0.15) is 5.56 Å². The van der Waals surface area contributed by atoms with Crippen molar-refractivity contribution in [3.05, 3.63) is 109 Å². The van der Waals surface area contributed by atoms with E-state index in [1.54, 1.807) is 0 Å². The maximum absolute atomic E-state index is 4.13. The molecule has 0 amide bonds. The van der Waals surface area contributed by atoms with Crippen LogP contribution in [0, 0.1) is 0 Å². The number of hydrogen-bond acceptors (Lipinski definition) is 0. The van der Waals surface area contributed by atoms with Crippen LogP contribution in [0.5, 0.6) is 0 Å². The van der Waals surface area contributed by atoms with Crippen LogP contribution in [0.25, 0.3) is 39.5 Å². The van der Waals surface area contributed by atoms with E-state index in [1.807, 2.05) is 6.08 Å². The summed E-state index contributed by atoms with van der Waals surface area (Å²) < 4.78 is 0. The first kappa shape index (κ1) is 17.3. The van der Waals surface area contributed by atoms with Crippen LogP contribution in [0.2, 0.25) is 0 Å². The first-order valence-electron chi connectivity index (χ1n) is 9.26. The SMILES string of the molecule is C=Cc1cc(-c2ccccc2)c([SiH3])c(-c2ccccc2)c1-c1ccccc1. The van der Waals surface area contributed by atoms with Crippen LogP contribution in [0.3, 0.4) is 0 Å². The highest BCUT2D eigenvalue weighted by Crippen LogP contribution is 2.37. The Hall–Kier alpha value is -3.16. The lowest BCUT2D eigenvalue weighted by atomic mass is 9.87. The molecule has 0 aliphatic heterocycles. The molecule has 0 aliphatic carbocycles. The second-order valence-electron chi connectivity index (χ2n) is 6.69. The molecule has 4 rings (SSSR count). The quantitative estimate of drug-likeness (QED) is 0.431. The molecule has 130 valence electrons. The van der Waals surface area contributed by atoms with Crippen molar-refractivity contribution in [3.8, 4) is 33.4 Å². The van der Waals surface area contributed by atoms with E-state index in [-0.39, 0.29) is 0 Å². The minimum atomic E-state index is 0.963. The van der Waals surface area contributed by atoms with E-state index in [9.17, 15) is 0 Å². The molecule has 0 unspecified atom stereocenters. The highest BCUT2D eigenvalue weighted by atomic mass is 28.1. The fourth-order valence-electron chi connectivity index (χ4n) is 3.76. The van der Waals surface area contributed by atoms with Crippen molar-refractivity contribution in [2.45, 2.75) is 0 Å². The van der Waals surface area contributed by atoms with Crippen LogP contribution in [0.4, 0.5) is 0 Å². The molecule has 4 aromatic rings. The average Bonchev–Trinajstić information content (AvgIpc) is 2.75. The first-order valence-corrected chi connectivity index (χ1v) is 10.3. The van der Waals surface area contributed by atoms with Gasteiger partial charge in [-0.3, -0.25) is 0 Å². The molecule has 0 heterocycles. The van der Waals surface area contributed by atoms with Crippen LogP contribution in [-0.4, -0.2) is 10.2 Å². The summed E-state index contributed by atoms with van der Waals surface area (Å²) in [6, 6.07) is 34.4. The fourth-order valence-corrected chi connectivity index (χ4v) is 4.73. The minimum absolute atomic E-state index is 0.963. The molecule has 0 fully saturated rings. The summed E-state index contributed by atoms with van der Waals surface area (Å²) in [5.74, 6) is 0. The maximum atomic E-state index is 4.13. The third-order valence-electron chi connectivity index (χ3n) is 5.05. The van der Waals surface area contributed by atoms with E-state index in [2.05, 4.69) is 104 Å². The zero-order valence-electron chi connectivity index (χ0n) is 15.5. The Morgan fingerprint density at radius 3 is 1.52 bits per heavy atom. The van der Waals surface area contributed by atoms with E-state index in [4.69, 9.17) is 0 Å². The highest BCUT2D eigenvalue weighted by molar-refractivity contribution is 6.41. The summed E-state index contributed by atoms with van der Waals surface area (Å²) in [5.41, 5.74) is 8.88. The molecule has 0 N–H and O–H groups in total. The van der Waals surface area contributed by atoms with E-state index in [0.29, 0.717) is 0 Å². The summed E-state index contributed by atoms with van der Waals surface area (Å²) in [7, 11) is 0.963. The van der Waals surface area contributed by atoms with Gasteiger partial charge in [-0.05, 0) is 45.0 Å². The van der Waals surface area contributed by atoms with Gasteiger partial charge in [0.1, 0.15) is 0 Å². The van der Waals surface area contributed by atoms with Crippen molar-refractivity contribution in [2.24, 2.45) is 0 Å². The molecule has 1 heteroatoms. The lowest BCUT2D eigenvalue weighted by Gasteiger charge is -2.21. The third kappa shape index (κ3) is 3.30. The zero-order chi connectivity index (χ0) is 18.6. The summed E-state index contributed by atoms with van der Waals surface area (Å²) in [6.07, 6.45) is 1.99. The van der Waals surface area contributed by atoms with Gasteiger partial charge in [0.25, 0.3) is 0 Å². The standard InChI is InChI=1S/C26H22Si/c1-2-19-18-23(20-12-6-3-7-13-20)26(27)25(22-16-10-5-11-17-22)24(19)21-14-8-4-9-15-21/h2-18H,1H2,27H3. The maximum Gasteiger partial charge on any atom is 0.0401 e. The molecule has 0 saturated heterocycles. The molecule has 0 radical (unpaired) electrons. The van der Waals surface area contributed by atoms with Gasteiger partial charge < -0.3 is 0 Å². The molecular formula is C26H22Si. The van der Waals surface area contributed by atoms with Crippen LogP contribution >= 0.6 is 0 Å². The molecule has 0 aromatic heterocycles. The van der Waals surface area contributed by atoms with E-state index in [1.165, 1.54) is 44.1 Å². The molecule has 0 atom stereocenters. The Balaban J connectivity index is 2.10. The second kappa shape index (κ2) is 7.61. The smallest absolute Gasteiger partial charge is 0.0401 e. The predicted octanol–water partition coefficient (Wildman–Crippen LogP) is 5.32. The largest absolute Gasteiger partial charge is 0.0984 e. The molecule has 0 spiro atoms. The van der Waals surface area contributed by atoms with Crippen molar-refractivity contribution < 1.29 is 0 Å². The summed E-state index contributed by atoms with van der Waals surface area (Å²) >= 11 is 0. The lowest BCUT2D eigenvalue weighted by Crippen LogP contribution is -2.13. The van der Waals surface area contributed by atoms with Crippen LogP contribution < -0.4 is 5.19 Å². The van der Waals surface area contributed by atoms with Gasteiger partial charge in [-0.15, -0.1) is 0 Å². The summed E-state index contributed by atoms with van der Waals surface area (Å²) in [4.78, 5) is 0. The monoisotopic (exact) mass is 362 g/mol. The van der Waals surface area contributed by atoms with E-state index in [0.717, 1.165) is 10.2 Å². The van der Waals surface area contributed by atoms with Gasteiger partial charge >= 0.3 is 0 Å². The molecule has 27 heavy (non-hydrogen) atoms. The van der Waals surface area contributed by atoms with Crippen molar-refractivity contribution in [1.82, 2.24) is 0 Å². The first-order chi connectivity index (χ1) is 13.3. The summed E-state index contributed by atoms with van der Waals surface area (Å²) in [6.45, 7) is 4.13. The van der Waals surface area contributed by atoms with Crippen molar-refractivity contribution in [1.29, 1.82) is 0 Å². The Kier molecular flexibility index (Phi) is 4.86. The molecule has 0 aliphatic rings. The van der Waals surface area contributed by atoms with Gasteiger partial charge in [-0.1, -0.05) is 109 Å². The lowest BCUT2D eigenvalue weighted by molar-refractivity contribution is 1.57. The van der Waals surface area contributed by atoms with E-state index >= 15 is 0 Å². The van der Waals surface area contributed by atoms with Crippen molar-refractivity contribution in [3.63, 3.8) is 0 Å². The topological polar surface area (TPSA) is 0 Å². The predicted molar refractivity (Wildman–Crippen MR) is 122 cm³/mol. The highest BCUT2D eigenvalue weighted by Gasteiger charge is 2.17. The van der Waals surface area contributed by atoms with Gasteiger partial charge in [0.15, 0.2) is 0 Å². The van der Waals surface area contributed by atoms with Gasteiger partial charge in [-0.25, -0.2) is 0 Å². The van der Waals surface area contributed by atoms with Crippen LogP contribution in [-0.2, 0) is 0 Å². The van der Waals surface area contributed by atoms with Gasteiger partial charge in [0.2, 0.25) is 0 Å². The van der Waals surface area contributed by atoms with Crippen molar-refractivity contribution >= 4 is 21.5 Å². The molecule has 0 saturated carbocycles. The Bertz CT molecular complexity index is 1070. The molecule has 4 aromatic carbocycles. The summed E-state index contributed by atoms with van der Waals surface area (Å²) in [5, 5.41) is 1.43. The minimum Gasteiger partial charge on any atom is -0.0984 e. The number of hydrogen-bond donors (Lipinski definition) is 0. The number of rotatable bonds is 4. The van der Waals surface area contributed by atoms with Gasteiger partial charge in [0.05, 0.1) is 0 Å². The number of benzene rings is 4. The Morgan fingerprint density at radius 2 is 1.04 bits per heavy atom. The fraction of sp³-hybridized carbons (Fsp3) is 0. The molecule has 0 nitrogen and oxygen atoms in total. The Morgan fingerprint density at radius 1 is 0.593 bits per heavy atom. The van der Waals surface area contributed by atoms with Gasteiger partial charge in [0, 0.05) is 10.2 Å². The molecular weight excluding hydrogens is 340 g/mol. The molecule has 0 bridgehead atoms. The van der Waals surface area contributed by atoms with E-state index < -0.39 is 0 Å². The van der Waals surface area contributed by atoms with Crippen molar-refractivity contribution in [2.75, 3.05) is 0 Å². The second-order valence-corrected chi connectivity index (χ2v) is 7.69. The normalized spacial score (nSPS) is 10.7. The van der Waals surface area contributed by atoms with Crippen LogP contribution in [0.15, 0.2) is 104 Å².